The van der Waals surface area contributed by atoms with Crippen LogP contribution in [-0.4, -0.2) is 20.0 Å². The van der Waals surface area contributed by atoms with E-state index in [-0.39, 0.29) is 5.91 Å². The third kappa shape index (κ3) is 3.09. The van der Waals surface area contributed by atoms with Gasteiger partial charge in [-0.2, -0.15) is 0 Å². The fourth-order valence-corrected chi connectivity index (χ4v) is 1.98. The number of amides is 1. The molecule has 0 saturated heterocycles. The van der Waals surface area contributed by atoms with Gasteiger partial charge < -0.3 is 16.0 Å². The molecule has 0 atom stereocenters. The zero-order valence-corrected chi connectivity index (χ0v) is 12.0. The molecule has 4 nitrogen and oxygen atoms in total. The summed E-state index contributed by atoms with van der Waals surface area (Å²) in [6.45, 7) is 1.88. The second-order valence-electron chi connectivity index (χ2n) is 4.97. The van der Waals surface area contributed by atoms with Gasteiger partial charge in [0.15, 0.2) is 0 Å². The molecule has 0 saturated carbocycles. The van der Waals surface area contributed by atoms with E-state index in [9.17, 15) is 4.79 Å². The molecule has 0 aliphatic rings. The van der Waals surface area contributed by atoms with Crippen LogP contribution in [0.15, 0.2) is 42.5 Å². The maximum Gasteiger partial charge on any atom is 0.255 e. The van der Waals surface area contributed by atoms with Crippen LogP contribution in [0.5, 0.6) is 0 Å². The Morgan fingerprint density at radius 3 is 2.30 bits per heavy atom. The lowest BCUT2D eigenvalue weighted by molar-refractivity contribution is 0.102. The number of hydrogen-bond donors (Lipinski definition) is 2. The molecule has 0 aliphatic carbocycles. The number of nitrogens with two attached hydrogens (primary N) is 1. The summed E-state index contributed by atoms with van der Waals surface area (Å²) in [7, 11) is 3.96. The molecule has 2 aromatic carbocycles. The minimum atomic E-state index is -0.125. The highest BCUT2D eigenvalue weighted by Gasteiger charge is 2.09. The van der Waals surface area contributed by atoms with Gasteiger partial charge in [-0.05, 0) is 55.0 Å². The van der Waals surface area contributed by atoms with Crippen LogP contribution >= 0.6 is 0 Å². The molecule has 2 aromatic rings. The van der Waals surface area contributed by atoms with Crippen LogP contribution in [-0.2, 0) is 0 Å². The number of nitrogens with one attached hydrogen (secondary N) is 1. The lowest BCUT2D eigenvalue weighted by Crippen LogP contribution is -2.14. The summed E-state index contributed by atoms with van der Waals surface area (Å²) in [5, 5.41) is 2.89. The lowest BCUT2D eigenvalue weighted by Gasteiger charge is -2.13. The highest BCUT2D eigenvalue weighted by atomic mass is 16.1. The topological polar surface area (TPSA) is 58.4 Å². The van der Waals surface area contributed by atoms with Gasteiger partial charge in [0, 0.05) is 36.7 Å². The summed E-state index contributed by atoms with van der Waals surface area (Å²) in [5.74, 6) is -0.125. The first-order valence-electron chi connectivity index (χ1n) is 6.42. The third-order valence-electron chi connectivity index (χ3n) is 3.14. The van der Waals surface area contributed by atoms with Crippen LogP contribution in [0.4, 0.5) is 17.1 Å². The maximum atomic E-state index is 12.2. The molecule has 4 heteroatoms. The number of carbonyl (C=O) groups excluding carboxylic acids is 1. The molecule has 0 bridgehead atoms. The predicted octanol–water partition coefficient (Wildman–Crippen LogP) is 2.90. The average molecular weight is 269 g/mol. The second kappa shape index (κ2) is 5.65. The van der Waals surface area contributed by atoms with E-state index in [2.05, 4.69) is 5.32 Å². The van der Waals surface area contributed by atoms with Gasteiger partial charge in [0.2, 0.25) is 0 Å². The Balaban J connectivity index is 2.15. The van der Waals surface area contributed by atoms with Crippen molar-refractivity contribution >= 4 is 23.0 Å². The Labute approximate surface area is 119 Å². The maximum absolute atomic E-state index is 12.2. The van der Waals surface area contributed by atoms with Gasteiger partial charge in [-0.15, -0.1) is 0 Å². The van der Waals surface area contributed by atoms with Gasteiger partial charge in [0.1, 0.15) is 0 Å². The van der Waals surface area contributed by atoms with Gasteiger partial charge in [0.05, 0.1) is 0 Å². The van der Waals surface area contributed by atoms with Crippen molar-refractivity contribution in [3.8, 4) is 0 Å². The summed E-state index contributed by atoms with van der Waals surface area (Å²) in [4.78, 5) is 14.2. The van der Waals surface area contributed by atoms with Gasteiger partial charge in [0.25, 0.3) is 5.91 Å². The van der Waals surface area contributed by atoms with Crippen molar-refractivity contribution in [1.82, 2.24) is 0 Å². The molecule has 0 fully saturated rings. The van der Waals surface area contributed by atoms with Crippen LogP contribution in [0, 0.1) is 6.92 Å². The van der Waals surface area contributed by atoms with Gasteiger partial charge in [-0.25, -0.2) is 0 Å². The lowest BCUT2D eigenvalue weighted by atomic mass is 10.1. The SMILES string of the molecule is Cc1cc(N)ccc1C(=O)Nc1ccc(N(C)C)cc1. The Kier molecular flexibility index (Phi) is 3.94. The van der Waals surface area contributed by atoms with Crippen molar-refractivity contribution in [2.24, 2.45) is 0 Å². The Morgan fingerprint density at radius 1 is 1.10 bits per heavy atom. The zero-order chi connectivity index (χ0) is 14.7. The number of rotatable bonds is 3. The molecule has 1 amide bonds. The first-order valence-corrected chi connectivity index (χ1v) is 6.42. The minimum Gasteiger partial charge on any atom is -0.399 e. The van der Waals surface area contributed by atoms with Gasteiger partial charge in [-0.1, -0.05) is 0 Å². The Bertz CT molecular complexity index is 618. The van der Waals surface area contributed by atoms with Crippen LogP contribution in [0.1, 0.15) is 15.9 Å². The van der Waals surface area contributed by atoms with E-state index < -0.39 is 0 Å². The number of benzene rings is 2. The normalized spacial score (nSPS) is 10.2. The summed E-state index contributed by atoms with van der Waals surface area (Å²) >= 11 is 0. The molecular weight excluding hydrogens is 250 g/mol. The first kappa shape index (κ1) is 13.9. The quantitative estimate of drug-likeness (QED) is 0.842. The average Bonchev–Trinajstić information content (AvgIpc) is 2.39. The van der Waals surface area contributed by atoms with Crippen molar-refractivity contribution in [2.45, 2.75) is 6.92 Å². The van der Waals surface area contributed by atoms with Crippen molar-refractivity contribution < 1.29 is 4.79 Å². The molecule has 104 valence electrons. The van der Waals surface area contributed by atoms with Crippen LogP contribution < -0.4 is 16.0 Å². The first-order chi connectivity index (χ1) is 9.47. The number of nitrogen functional groups attached to an aromatic ring is 1. The van der Waals surface area contributed by atoms with Crippen molar-refractivity contribution in [3.05, 3.63) is 53.6 Å². The highest BCUT2D eigenvalue weighted by molar-refractivity contribution is 6.05. The monoisotopic (exact) mass is 269 g/mol. The number of aryl methyl sites for hydroxylation is 1. The van der Waals surface area contributed by atoms with Gasteiger partial charge >= 0.3 is 0 Å². The number of hydrogen-bond acceptors (Lipinski definition) is 3. The molecule has 0 aliphatic heterocycles. The van der Waals surface area contributed by atoms with E-state index in [0.29, 0.717) is 11.3 Å². The molecule has 0 radical (unpaired) electrons. The fourth-order valence-electron chi connectivity index (χ4n) is 1.98. The molecule has 2 rings (SSSR count). The van der Waals surface area contributed by atoms with Crippen molar-refractivity contribution in [3.63, 3.8) is 0 Å². The predicted molar refractivity (Wildman–Crippen MR) is 84.3 cm³/mol. The molecule has 3 N–H and O–H groups in total. The van der Waals surface area contributed by atoms with E-state index in [4.69, 9.17) is 5.73 Å². The number of carbonyl (C=O) groups is 1. The van der Waals surface area contributed by atoms with Crippen molar-refractivity contribution in [1.29, 1.82) is 0 Å². The second-order valence-corrected chi connectivity index (χ2v) is 4.97. The summed E-state index contributed by atoms with van der Waals surface area (Å²) in [5.41, 5.74) is 9.72. The molecule has 0 unspecified atom stereocenters. The highest BCUT2D eigenvalue weighted by Crippen LogP contribution is 2.18. The van der Waals surface area contributed by atoms with Crippen LogP contribution in [0.25, 0.3) is 0 Å². The van der Waals surface area contributed by atoms with Crippen LogP contribution in [0.3, 0.4) is 0 Å². The summed E-state index contributed by atoms with van der Waals surface area (Å²) < 4.78 is 0. The minimum absolute atomic E-state index is 0.125. The van der Waals surface area contributed by atoms with Gasteiger partial charge in [-0.3, -0.25) is 4.79 Å². The molecule has 20 heavy (non-hydrogen) atoms. The Morgan fingerprint density at radius 2 is 1.75 bits per heavy atom. The molecular formula is C16H19N3O. The Hall–Kier alpha value is -2.49. The smallest absolute Gasteiger partial charge is 0.255 e. The van der Waals surface area contributed by atoms with E-state index in [1.165, 1.54) is 0 Å². The molecule has 0 spiro atoms. The zero-order valence-electron chi connectivity index (χ0n) is 12.0. The third-order valence-corrected chi connectivity index (χ3v) is 3.14. The van der Waals surface area contributed by atoms with E-state index >= 15 is 0 Å². The summed E-state index contributed by atoms with van der Waals surface area (Å²) in [6, 6.07) is 13.0. The largest absolute Gasteiger partial charge is 0.399 e. The van der Waals surface area contributed by atoms with E-state index in [1.807, 2.05) is 50.2 Å². The van der Waals surface area contributed by atoms with E-state index in [1.54, 1.807) is 18.2 Å². The number of anilines is 3. The van der Waals surface area contributed by atoms with Crippen LogP contribution in [0.2, 0.25) is 0 Å². The number of nitrogens with zero attached hydrogens (tertiary/aromatic N) is 1. The summed E-state index contributed by atoms with van der Waals surface area (Å²) in [6.07, 6.45) is 0. The van der Waals surface area contributed by atoms with Crippen molar-refractivity contribution in [2.75, 3.05) is 30.0 Å². The molecule has 0 aromatic heterocycles. The molecule has 0 heterocycles. The standard InChI is InChI=1S/C16H19N3O/c1-11-10-12(17)4-9-15(11)16(20)18-13-5-7-14(8-6-13)19(2)3/h4-10H,17H2,1-3H3,(H,18,20). The fraction of sp³-hybridized carbons (Fsp3) is 0.188. The van der Waals surface area contributed by atoms with E-state index in [0.717, 1.165) is 16.9 Å².